The number of phenolic OH excluding ortho intramolecular Hbond substituents is 1. The molecule has 0 saturated heterocycles. The van der Waals surface area contributed by atoms with Gasteiger partial charge in [-0.15, -0.1) is 11.8 Å². The van der Waals surface area contributed by atoms with Crippen molar-refractivity contribution in [2.75, 3.05) is 5.75 Å². The predicted molar refractivity (Wildman–Crippen MR) is 95.8 cm³/mol. The summed E-state index contributed by atoms with van der Waals surface area (Å²) in [5.41, 5.74) is 2.35. The quantitative estimate of drug-likeness (QED) is 0.490. The zero-order chi connectivity index (χ0) is 15.4. The molecule has 112 valence electrons. The molecular weight excluding hydrogens is 288 g/mol. The van der Waals surface area contributed by atoms with Crippen LogP contribution in [-0.4, -0.2) is 10.9 Å². The molecule has 0 bridgehead atoms. The zero-order valence-electron chi connectivity index (χ0n) is 12.8. The first-order chi connectivity index (χ1) is 10.7. The highest BCUT2D eigenvalue weighted by Crippen LogP contribution is 2.25. The first-order valence-electron chi connectivity index (χ1n) is 7.62. The Bertz CT molecular complexity index is 780. The van der Waals surface area contributed by atoms with Gasteiger partial charge in [-0.25, -0.2) is 0 Å². The van der Waals surface area contributed by atoms with Gasteiger partial charge in [0.25, 0.3) is 0 Å². The van der Waals surface area contributed by atoms with Crippen LogP contribution >= 0.6 is 11.8 Å². The lowest BCUT2D eigenvalue weighted by Gasteiger charge is -2.06. The lowest BCUT2D eigenvalue weighted by molar-refractivity contribution is 0.470. The molecule has 0 aliphatic rings. The van der Waals surface area contributed by atoms with Crippen molar-refractivity contribution in [1.82, 2.24) is 0 Å². The van der Waals surface area contributed by atoms with Gasteiger partial charge in [0.1, 0.15) is 5.75 Å². The molecular formula is C20H20OS. The van der Waals surface area contributed by atoms with Crippen LogP contribution in [-0.2, 0) is 6.42 Å². The number of aromatic hydroxyl groups is 1. The van der Waals surface area contributed by atoms with E-state index in [-0.39, 0.29) is 0 Å². The number of rotatable bonds is 5. The van der Waals surface area contributed by atoms with Crippen LogP contribution < -0.4 is 0 Å². The molecule has 0 fully saturated rings. The van der Waals surface area contributed by atoms with Crippen LogP contribution in [0.25, 0.3) is 10.8 Å². The fourth-order valence-electron chi connectivity index (χ4n) is 2.58. The summed E-state index contributed by atoms with van der Waals surface area (Å²) < 4.78 is 0. The number of phenols is 1. The highest BCUT2D eigenvalue weighted by atomic mass is 32.2. The van der Waals surface area contributed by atoms with E-state index < -0.39 is 0 Å². The van der Waals surface area contributed by atoms with Crippen molar-refractivity contribution in [3.63, 3.8) is 0 Å². The Hall–Kier alpha value is -1.93. The molecule has 1 N–H and O–H groups in total. The third kappa shape index (κ3) is 3.63. The Morgan fingerprint density at radius 1 is 0.909 bits per heavy atom. The maximum atomic E-state index is 9.54. The smallest absolute Gasteiger partial charge is 0.118 e. The number of hydrogen-bond acceptors (Lipinski definition) is 2. The van der Waals surface area contributed by atoms with Crippen molar-refractivity contribution in [2.45, 2.75) is 24.7 Å². The first kappa shape index (κ1) is 15.0. The van der Waals surface area contributed by atoms with Gasteiger partial charge in [0.2, 0.25) is 0 Å². The van der Waals surface area contributed by atoms with E-state index in [1.807, 2.05) is 24.8 Å². The minimum absolute atomic E-state index is 0.375. The highest BCUT2D eigenvalue weighted by molar-refractivity contribution is 7.99. The van der Waals surface area contributed by atoms with E-state index in [4.69, 9.17) is 0 Å². The van der Waals surface area contributed by atoms with Crippen LogP contribution in [0, 0.1) is 6.92 Å². The van der Waals surface area contributed by atoms with Gasteiger partial charge in [0, 0.05) is 4.90 Å². The number of benzene rings is 3. The molecule has 0 amide bonds. The van der Waals surface area contributed by atoms with Gasteiger partial charge in [-0.05, 0) is 65.6 Å². The third-order valence-corrected chi connectivity index (χ3v) is 4.94. The summed E-state index contributed by atoms with van der Waals surface area (Å²) >= 11 is 1.86. The highest BCUT2D eigenvalue weighted by Gasteiger charge is 2.00. The second-order valence-electron chi connectivity index (χ2n) is 5.58. The molecule has 0 aromatic heterocycles. The molecule has 0 atom stereocenters. The monoisotopic (exact) mass is 308 g/mol. The summed E-state index contributed by atoms with van der Waals surface area (Å²) in [6.45, 7) is 1.94. The second-order valence-corrected chi connectivity index (χ2v) is 6.75. The molecule has 1 nitrogen and oxygen atoms in total. The Labute approximate surface area is 136 Å². The van der Waals surface area contributed by atoms with Crippen LogP contribution in [0.15, 0.2) is 65.6 Å². The van der Waals surface area contributed by atoms with Crippen molar-refractivity contribution in [1.29, 1.82) is 0 Å². The van der Waals surface area contributed by atoms with E-state index in [9.17, 15) is 5.11 Å². The normalized spacial score (nSPS) is 11.0. The molecule has 3 rings (SSSR count). The summed E-state index contributed by atoms with van der Waals surface area (Å²) in [6, 6.07) is 21.1. The molecule has 3 aromatic carbocycles. The molecule has 0 spiro atoms. The largest absolute Gasteiger partial charge is 0.508 e. The molecule has 0 unspecified atom stereocenters. The van der Waals surface area contributed by atoms with Crippen LogP contribution in [0.1, 0.15) is 17.5 Å². The van der Waals surface area contributed by atoms with Crippen molar-refractivity contribution in [2.24, 2.45) is 0 Å². The predicted octanol–water partition coefficient (Wildman–Crippen LogP) is 5.58. The maximum absolute atomic E-state index is 9.54. The van der Waals surface area contributed by atoms with Gasteiger partial charge >= 0.3 is 0 Å². The summed E-state index contributed by atoms with van der Waals surface area (Å²) in [5, 5.41) is 12.2. The Balaban J connectivity index is 1.54. The Morgan fingerprint density at radius 3 is 2.55 bits per heavy atom. The van der Waals surface area contributed by atoms with Crippen molar-refractivity contribution < 1.29 is 5.11 Å². The number of thioether (sulfide) groups is 1. The molecule has 22 heavy (non-hydrogen) atoms. The molecule has 0 aliphatic heterocycles. The van der Waals surface area contributed by atoms with E-state index >= 15 is 0 Å². The Kier molecular flexibility index (Phi) is 4.69. The van der Waals surface area contributed by atoms with Gasteiger partial charge in [-0.1, -0.05) is 42.5 Å². The van der Waals surface area contributed by atoms with E-state index in [1.165, 1.54) is 21.2 Å². The second kappa shape index (κ2) is 6.89. The summed E-state index contributed by atoms with van der Waals surface area (Å²) in [4.78, 5) is 1.23. The third-order valence-electron chi connectivity index (χ3n) is 3.86. The van der Waals surface area contributed by atoms with Gasteiger partial charge in [0.05, 0.1) is 0 Å². The van der Waals surface area contributed by atoms with Crippen molar-refractivity contribution in [3.05, 3.63) is 71.8 Å². The van der Waals surface area contributed by atoms with E-state index in [1.54, 1.807) is 6.07 Å². The fourth-order valence-corrected chi connectivity index (χ4v) is 3.53. The van der Waals surface area contributed by atoms with E-state index in [0.29, 0.717) is 5.75 Å². The molecule has 0 heterocycles. The summed E-state index contributed by atoms with van der Waals surface area (Å²) in [5.74, 6) is 1.47. The molecule has 0 aliphatic carbocycles. The van der Waals surface area contributed by atoms with Gasteiger partial charge in [0.15, 0.2) is 0 Å². The minimum Gasteiger partial charge on any atom is -0.508 e. The fraction of sp³-hybridized carbons (Fsp3) is 0.200. The standard InChI is InChI=1S/C20H20OS/c1-15-13-19(10-11-20(15)21)22-12-4-5-16-8-9-17-6-2-3-7-18(17)14-16/h2-3,6-11,13-14,21H,4-5,12H2,1H3. The molecule has 2 heteroatoms. The lowest BCUT2D eigenvalue weighted by atomic mass is 10.0. The lowest BCUT2D eigenvalue weighted by Crippen LogP contribution is -1.88. The topological polar surface area (TPSA) is 20.2 Å². The van der Waals surface area contributed by atoms with Crippen LogP contribution in [0.4, 0.5) is 0 Å². The molecule has 0 radical (unpaired) electrons. The van der Waals surface area contributed by atoms with E-state index in [2.05, 4.69) is 48.5 Å². The zero-order valence-corrected chi connectivity index (χ0v) is 13.6. The SMILES string of the molecule is Cc1cc(SCCCc2ccc3ccccc3c2)ccc1O. The summed E-state index contributed by atoms with van der Waals surface area (Å²) in [7, 11) is 0. The van der Waals surface area contributed by atoms with Gasteiger partial charge in [-0.3, -0.25) is 0 Å². The van der Waals surface area contributed by atoms with E-state index in [0.717, 1.165) is 24.2 Å². The molecule has 3 aromatic rings. The summed E-state index contributed by atoms with van der Waals surface area (Å²) in [6.07, 6.45) is 2.26. The average Bonchev–Trinajstić information content (AvgIpc) is 2.54. The van der Waals surface area contributed by atoms with Crippen LogP contribution in [0.5, 0.6) is 5.75 Å². The molecule has 0 saturated carbocycles. The van der Waals surface area contributed by atoms with Crippen LogP contribution in [0.2, 0.25) is 0 Å². The Morgan fingerprint density at radius 2 is 1.73 bits per heavy atom. The number of aryl methyl sites for hydroxylation is 2. The number of fused-ring (bicyclic) bond motifs is 1. The van der Waals surface area contributed by atoms with Crippen molar-refractivity contribution in [3.8, 4) is 5.75 Å². The van der Waals surface area contributed by atoms with Crippen molar-refractivity contribution >= 4 is 22.5 Å². The van der Waals surface area contributed by atoms with Crippen LogP contribution in [0.3, 0.4) is 0 Å². The maximum Gasteiger partial charge on any atom is 0.118 e. The minimum atomic E-state index is 0.375. The van der Waals surface area contributed by atoms with Gasteiger partial charge < -0.3 is 5.11 Å². The van der Waals surface area contributed by atoms with Gasteiger partial charge in [-0.2, -0.15) is 0 Å². The number of hydrogen-bond donors (Lipinski definition) is 1. The average molecular weight is 308 g/mol. The first-order valence-corrected chi connectivity index (χ1v) is 8.61.